The maximum Gasteiger partial charge on any atom is 0.341 e. The second-order valence-electron chi connectivity index (χ2n) is 5.11. The predicted molar refractivity (Wildman–Crippen MR) is 95.9 cm³/mol. The lowest BCUT2D eigenvalue weighted by Gasteiger charge is -2.13. The summed E-state index contributed by atoms with van der Waals surface area (Å²) in [6, 6.07) is 0.0951. The van der Waals surface area contributed by atoms with Gasteiger partial charge < -0.3 is 15.4 Å². The van der Waals surface area contributed by atoms with Crippen molar-refractivity contribution in [3.05, 3.63) is 45.3 Å². The van der Waals surface area contributed by atoms with Crippen LogP contribution < -0.4 is 10.6 Å². The van der Waals surface area contributed by atoms with E-state index in [0.29, 0.717) is 11.4 Å². The van der Waals surface area contributed by atoms with E-state index in [4.69, 9.17) is 17.0 Å². The van der Waals surface area contributed by atoms with E-state index in [-0.39, 0.29) is 16.7 Å². The Morgan fingerprint density at radius 2 is 1.77 bits per heavy atom. The Morgan fingerprint density at radius 1 is 1.19 bits per heavy atom. The summed E-state index contributed by atoms with van der Waals surface area (Å²) in [5.41, 5.74) is -0.0852. The van der Waals surface area contributed by atoms with Crippen molar-refractivity contribution >= 4 is 45.3 Å². The minimum absolute atomic E-state index is 0.0951. The third-order valence-electron chi connectivity index (χ3n) is 3.53. The fourth-order valence-electron chi connectivity index (χ4n) is 2.34. The van der Waals surface area contributed by atoms with Crippen LogP contribution in [0.5, 0.6) is 0 Å². The molecule has 0 atom stereocenters. The van der Waals surface area contributed by atoms with Crippen molar-refractivity contribution in [3.8, 4) is 0 Å². The predicted octanol–water partition coefficient (Wildman–Crippen LogP) is 4.77. The molecule has 0 fully saturated rings. The van der Waals surface area contributed by atoms with E-state index in [1.54, 1.807) is 6.92 Å². The lowest BCUT2D eigenvalue weighted by atomic mass is 10.1. The summed E-state index contributed by atoms with van der Waals surface area (Å²) in [6.07, 6.45) is 0.549. The van der Waals surface area contributed by atoms with Crippen molar-refractivity contribution in [2.75, 3.05) is 17.7 Å². The molecule has 0 saturated carbocycles. The van der Waals surface area contributed by atoms with E-state index in [2.05, 4.69) is 10.6 Å². The topological polar surface area (TPSA) is 50.4 Å². The quantitative estimate of drug-likeness (QED) is 0.332. The van der Waals surface area contributed by atoms with Gasteiger partial charge in [0.1, 0.15) is 10.7 Å². The smallest absolute Gasteiger partial charge is 0.341 e. The first-order valence-corrected chi connectivity index (χ1v) is 8.55. The summed E-state index contributed by atoms with van der Waals surface area (Å²) < 4.78 is 58.7. The van der Waals surface area contributed by atoms with Gasteiger partial charge in [-0.3, -0.25) is 0 Å². The fourth-order valence-corrected chi connectivity index (χ4v) is 3.75. The molecule has 140 valence electrons. The molecule has 26 heavy (non-hydrogen) atoms. The number of halogens is 4. The van der Waals surface area contributed by atoms with Gasteiger partial charge in [-0.05, 0) is 31.1 Å². The molecular formula is C16H14F4N2O2S2. The zero-order chi connectivity index (χ0) is 19.6. The number of esters is 1. The summed E-state index contributed by atoms with van der Waals surface area (Å²) in [5.74, 6) is -6.96. The molecule has 0 spiro atoms. The van der Waals surface area contributed by atoms with Gasteiger partial charge in [0.2, 0.25) is 0 Å². The highest BCUT2D eigenvalue weighted by atomic mass is 32.1. The number of aryl methyl sites for hydroxylation is 1. The molecule has 0 radical (unpaired) electrons. The third-order valence-corrected chi connectivity index (χ3v) is 4.80. The minimum Gasteiger partial charge on any atom is -0.465 e. The average Bonchev–Trinajstić information content (AvgIpc) is 2.91. The summed E-state index contributed by atoms with van der Waals surface area (Å²) in [4.78, 5) is 12.9. The van der Waals surface area contributed by atoms with Crippen LogP contribution in [0.3, 0.4) is 0 Å². The highest BCUT2D eigenvalue weighted by Crippen LogP contribution is 2.34. The highest BCUT2D eigenvalue weighted by molar-refractivity contribution is 7.80. The van der Waals surface area contributed by atoms with Gasteiger partial charge in [-0.25, -0.2) is 22.4 Å². The second kappa shape index (κ2) is 8.00. The molecule has 0 saturated heterocycles. The van der Waals surface area contributed by atoms with Crippen LogP contribution in [0.1, 0.15) is 27.7 Å². The maximum absolute atomic E-state index is 13.7. The number of benzene rings is 1. The Hall–Kier alpha value is -2.20. The third kappa shape index (κ3) is 3.80. The van der Waals surface area contributed by atoms with Gasteiger partial charge in [-0.1, -0.05) is 6.92 Å². The molecule has 0 aliphatic heterocycles. The van der Waals surface area contributed by atoms with Gasteiger partial charge in [-0.2, -0.15) is 0 Å². The van der Waals surface area contributed by atoms with Crippen molar-refractivity contribution < 1.29 is 27.1 Å². The minimum atomic E-state index is -1.61. The van der Waals surface area contributed by atoms with Crippen molar-refractivity contribution in [2.45, 2.75) is 20.3 Å². The molecule has 1 heterocycles. The van der Waals surface area contributed by atoms with E-state index in [9.17, 15) is 22.4 Å². The lowest BCUT2D eigenvalue weighted by Crippen LogP contribution is -2.22. The van der Waals surface area contributed by atoms with Crippen LogP contribution in [0.2, 0.25) is 0 Å². The number of ether oxygens (including phenoxy) is 1. The lowest BCUT2D eigenvalue weighted by molar-refractivity contribution is 0.0601. The first-order valence-electron chi connectivity index (χ1n) is 7.32. The van der Waals surface area contributed by atoms with Crippen LogP contribution in [-0.4, -0.2) is 18.2 Å². The normalized spacial score (nSPS) is 10.6. The number of hydrogen-bond acceptors (Lipinski definition) is 4. The van der Waals surface area contributed by atoms with Gasteiger partial charge >= 0.3 is 5.97 Å². The first kappa shape index (κ1) is 20.1. The Labute approximate surface area is 156 Å². The Bertz CT molecular complexity index is 858. The van der Waals surface area contributed by atoms with E-state index in [0.717, 1.165) is 10.4 Å². The molecule has 0 amide bonds. The molecule has 1 aromatic carbocycles. The number of thiocarbonyl (C=S) groups is 1. The van der Waals surface area contributed by atoms with Gasteiger partial charge in [-0.15, -0.1) is 11.3 Å². The fraction of sp³-hybridized carbons (Fsp3) is 0.250. The highest BCUT2D eigenvalue weighted by Gasteiger charge is 2.24. The molecular weight excluding hydrogens is 392 g/mol. The van der Waals surface area contributed by atoms with E-state index >= 15 is 0 Å². The molecule has 0 aliphatic carbocycles. The molecule has 2 rings (SSSR count). The van der Waals surface area contributed by atoms with Crippen LogP contribution in [0, 0.1) is 30.2 Å². The SMILES string of the molecule is CCc1c(C)sc(NC(=S)Nc2c(F)c(F)cc(F)c2F)c1C(=O)OC. The summed E-state index contributed by atoms with van der Waals surface area (Å²) in [6.45, 7) is 3.64. The second-order valence-corrected chi connectivity index (χ2v) is 6.74. The summed E-state index contributed by atoms with van der Waals surface area (Å²) >= 11 is 6.14. The van der Waals surface area contributed by atoms with Crippen LogP contribution >= 0.6 is 23.6 Å². The van der Waals surface area contributed by atoms with Gasteiger partial charge in [0, 0.05) is 10.9 Å². The standard InChI is InChI=1S/C16H14F4N2O2S2/c1-4-7-6(2)26-14(10(7)15(23)24-3)22-16(25)21-13-11(19)8(17)5-9(18)12(13)20/h5H,4H2,1-3H3,(H2,21,22,25). The Kier molecular flexibility index (Phi) is 6.19. The Morgan fingerprint density at radius 3 is 2.27 bits per heavy atom. The van der Waals surface area contributed by atoms with Crippen LogP contribution in [-0.2, 0) is 11.2 Å². The zero-order valence-corrected chi connectivity index (χ0v) is 15.6. The number of rotatable bonds is 4. The summed E-state index contributed by atoms with van der Waals surface area (Å²) in [7, 11) is 1.22. The van der Waals surface area contributed by atoms with E-state index in [1.807, 2.05) is 6.92 Å². The molecule has 2 aromatic rings. The van der Waals surface area contributed by atoms with Gasteiger partial charge in [0.25, 0.3) is 0 Å². The molecule has 4 nitrogen and oxygen atoms in total. The number of thiophene rings is 1. The Balaban J connectivity index is 2.34. The van der Waals surface area contributed by atoms with Crippen LogP contribution in [0.15, 0.2) is 6.07 Å². The number of carbonyl (C=O) groups is 1. The number of carbonyl (C=O) groups excluding carboxylic acids is 1. The maximum atomic E-state index is 13.7. The summed E-state index contributed by atoms with van der Waals surface area (Å²) in [5, 5.41) is 4.65. The van der Waals surface area contributed by atoms with Crippen LogP contribution in [0.4, 0.5) is 28.3 Å². The number of anilines is 2. The van der Waals surface area contributed by atoms with Crippen molar-refractivity contribution in [3.63, 3.8) is 0 Å². The van der Waals surface area contributed by atoms with Gasteiger partial charge in [0.05, 0.1) is 12.7 Å². The van der Waals surface area contributed by atoms with Crippen molar-refractivity contribution in [1.29, 1.82) is 0 Å². The molecule has 10 heteroatoms. The monoisotopic (exact) mass is 406 g/mol. The molecule has 2 N–H and O–H groups in total. The number of hydrogen-bond donors (Lipinski definition) is 2. The van der Waals surface area contributed by atoms with E-state index in [1.165, 1.54) is 18.4 Å². The number of methoxy groups -OCH3 is 1. The first-order chi connectivity index (χ1) is 12.2. The van der Waals surface area contributed by atoms with Crippen LogP contribution in [0.25, 0.3) is 0 Å². The molecule has 0 aliphatic rings. The van der Waals surface area contributed by atoms with Crippen molar-refractivity contribution in [1.82, 2.24) is 0 Å². The van der Waals surface area contributed by atoms with Crippen molar-refractivity contribution in [2.24, 2.45) is 0 Å². The van der Waals surface area contributed by atoms with E-state index < -0.39 is 34.9 Å². The molecule has 0 unspecified atom stereocenters. The zero-order valence-electron chi connectivity index (χ0n) is 13.9. The molecule has 0 bridgehead atoms. The average molecular weight is 406 g/mol. The largest absolute Gasteiger partial charge is 0.465 e. The van der Waals surface area contributed by atoms with Gasteiger partial charge in [0.15, 0.2) is 28.4 Å². The molecule has 1 aromatic heterocycles. The number of nitrogens with one attached hydrogen (secondary N) is 2.